The molecule has 5 aromatic carbocycles. The maximum atomic E-state index is 13.5. The molecule has 8 heteroatoms. The fraction of sp³-hybridized carbons (Fsp3) is 0.222. The first-order valence-electron chi connectivity index (χ1n) is 14.7. The van der Waals surface area contributed by atoms with Gasteiger partial charge >= 0.3 is 5.97 Å². The summed E-state index contributed by atoms with van der Waals surface area (Å²) in [6, 6.07) is 29.6. The number of nitrogens with zero attached hydrogens (tertiary/aromatic N) is 1. The number of epoxide rings is 2. The van der Waals surface area contributed by atoms with E-state index in [0.717, 1.165) is 46.3 Å². The largest absolute Gasteiger partial charge is 0.491 e. The van der Waals surface area contributed by atoms with E-state index >= 15 is 0 Å². The van der Waals surface area contributed by atoms with Gasteiger partial charge in [-0.25, -0.2) is 4.79 Å². The normalized spacial score (nSPS) is 16.8. The van der Waals surface area contributed by atoms with Crippen LogP contribution in [0.4, 0.5) is 5.69 Å². The van der Waals surface area contributed by atoms with Gasteiger partial charge in [-0.1, -0.05) is 24.3 Å². The number of ether oxygens (including phenoxy) is 5. The van der Waals surface area contributed by atoms with Crippen LogP contribution >= 0.6 is 0 Å². The monoisotopic (exact) mass is 589 g/mol. The van der Waals surface area contributed by atoms with Crippen molar-refractivity contribution in [2.45, 2.75) is 19.1 Å². The molecule has 1 amide bonds. The van der Waals surface area contributed by atoms with Crippen LogP contribution in [0, 0.1) is 0 Å². The molecular weight excluding hydrogens is 558 g/mol. The average molecular weight is 590 g/mol. The molecular formula is C36H31NO7. The van der Waals surface area contributed by atoms with Crippen molar-refractivity contribution in [3.8, 4) is 17.2 Å². The topological polar surface area (TPSA) is 90.1 Å². The molecule has 8 nitrogen and oxygen atoms in total. The van der Waals surface area contributed by atoms with E-state index in [0.29, 0.717) is 42.3 Å². The molecule has 2 saturated heterocycles. The number of carbonyl (C=O) groups excluding carboxylic acids is 2. The number of rotatable bonds is 11. The van der Waals surface area contributed by atoms with Crippen molar-refractivity contribution < 1.29 is 33.3 Å². The van der Waals surface area contributed by atoms with Crippen LogP contribution in [0.2, 0.25) is 0 Å². The van der Waals surface area contributed by atoms with E-state index in [1.165, 1.54) is 0 Å². The summed E-state index contributed by atoms with van der Waals surface area (Å²) in [5.74, 6) is 1.37. The van der Waals surface area contributed by atoms with Crippen molar-refractivity contribution >= 4 is 39.1 Å². The molecule has 222 valence electrons. The molecule has 0 radical (unpaired) electrons. The summed E-state index contributed by atoms with van der Waals surface area (Å²) in [4.78, 5) is 28.1. The van der Waals surface area contributed by atoms with E-state index in [2.05, 4.69) is 0 Å². The smallest absolute Gasteiger partial charge is 0.343 e. The lowest BCUT2D eigenvalue weighted by molar-refractivity contribution is 0.0734. The van der Waals surface area contributed by atoms with Gasteiger partial charge in [0.25, 0.3) is 5.91 Å². The second kappa shape index (κ2) is 12.0. The first-order valence-corrected chi connectivity index (χ1v) is 14.7. The van der Waals surface area contributed by atoms with Crippen LogP contribution < -0.4 is 19.1 Å². The number of anilines is 1. The van der Waals surface area contributed by atoms with Crippen LogP contribution in [0.1, 0.15) is 27.6 Å². The number of amides is 1. The second-order valence-electron chi connectivity index (χ2n) is 10.9. The van der Waals surface area contributed by atoms with Crippen molar-refractivity contribution in [1.82, 2.24) is 0 Å². The molecule has 0 bridgehead atoms. The number of hydrogen-bond acceptors (Lipinski definition) is 7. The summed E-state index contributed by atoms with van der Waals surface area (Å²) in [5.41, 5.74) is 1.74. The highest BCUT2D eigenvalue weighted by Gasteiger charge is 2.24. The molecule has 2 atom stereocenters. The van der Waals surface area contributed by atoms with E-state index in [-0.39, 0.29) is 18.1 Å². The van der Waals surface area contributed by atoms with E-state index in [9.17, 15) is 9.59 Å². The standard InChI is InChI=1S/C36H31NO7/c1-2-37(35(38)27-5-3-25-17-31(11-7-23(25)15-27)40-19-33-21-42-33)29-9-13-30(14-10-29)44-36(39)28-6-4-26-18-32(12-8-24(26)16-28)41-20-34-22-43-34/h3-18,33-34H,2,19-22H2,1H3. The van der Waals surface area contributed by atoms with E-state index in [1.807, 2.05) is 67.6 Å². The third kappa shape index (κ3) is 6.37. The minimum atomic E-state index is -0.458. The Hall–Kier alpha value is -4.92. The Balaban J connectivity index is 1.00. The molecule has 44 heavy (non-hydrogen) atoms. The first kappa shape index (κ1) is 27.9. The first-order chi connectivity index (χ1) is 21.5. The summed E-state index contributed by atoms with van der Waals surface area (Å²) in [5, 5.41) is 3.83. The Bertz CT molecular complexity index is 1840. The van der Waals surface area contributed by atoms with Crippen molar-refractivity contribution in [2.24, 2.45) is 0 Å². The molecule has 2 fully saturated rings. The lowest BCUT2D eigenvalue weighted by Gasteiger charge is -2.21. The zero-order valence-corrected chi connectivity index (χ0v) is 24.2. The van der Waals surface area contributed by atoms with Gasteiger partial charge in [-0.3, -0.25) is 4.79 Å². The minimum Gasteiger partial charge on any atom is -0.491 e. The molecule has 0 aromatic heterocycles. The lowest BCUT2D eigenvalue weighted by Crippen LogP contribution is -2.30. The number of esters is 1. The fourth-order valence-corrected chi connectivity index (χ4v) is 5.05. The molecule has 5 aromatic rings. The zero-order chi connectivity index (χ0) is 30.0. The molecule has 2 unspecified atom stereocenters. The summed E-state index contributed by atoms with van der Waals surface area (Å²) in [6.45, 7) is 4.98. The Morgan fingerprint density at radius 3 is 1.68 bits per heavy atom. The van der Waals surface area contributed by atoms with Gasteiger partial charge in [0.05, 0.1) is 18.8 Å². The highest BCUT2D eigenvalue weighted by Crippen LogP contribution is 2.27. The van der Waals surface area contributed by atoms with Gasteiger partial charge in [0, 0.05) is 17.8 Å². The number of hydrogen-bond donors (Lipinski definition) is 0. The van der Waals surface area contributed by atoms with Gasteiger partial charge in [-0.05, 0) is 101 Å². The van der Waals surface area contributed by atoms with Crippen molar-refractivity contribution in [1.29, 1.82) is 0 Å². The van der Waals surface area contributed by atoms with Gasteiger partial charge in [-0.2, -0.15) is 0 Å². The van der Waals surface area contributed by atoms with Gasteiger partial charge in [0.1, 0.15) is 42.7 Å². The van der Waals surface area contributed by atoms with Gasteiger partial charge in [0.2, 0.25) is 0 Å². The Labute approximate surface area is 254 Å². The molecule has 0 spiro atoms. The molecule has 2 heterocycles. The SMILES string of the molecule is CCN(C(=O)c1ccc2cc(OCC3CO3)ccc2c1)c1ccc(OC(=O)c2ccc3cc(OCC4CO4)ccc3c2)cc1. The Kier molecular flexibility index (Phi) is 7.60. The molecule has 0 N–H and O–H groups in total. The van der Waals surface area contributed by atoms with Crippen molar-refractivity contribution in [3.05, 3.63) is 108 Å². The number of carbonyl (C=O) groups is 2. The van der Waals surface area contributed by atoms with Crippen LogP contribution in [0.3, 0.4) is 0 Å². The quantitative estimate of drug-likeness (QED) is 0.0996. The molecule has 2 aliphatic heterocycles. The predicted molar refractivity (Wildman–Crippen MR) is 167 cm³/mol. The summed E-state index contributed by atoms with van der Waals surface area (Å²) >= 11 is 0. The predicted octanol–water partition coefficient (Wildman–Crippen LogP) is 6.43. The summed E-state index contributed by atoms with van der Waals surface area (Å²) in [7, 11) is 0. The van der Waals surface area contributed by atoms with Gasteiger partial charge < -0.3 is 28.6 Å². The second-order valence-corrected chi connectivity index (χ2v) is 10.9. The number of fused-ring (bicyclic) bond motifs is 2. The Morgan fingerprint density at radius 1 is 0.659 bits per heavy atom. The average Bonchev–Trinajstić information content (AvgIpc) is 3.99. The van der Waals surface area contributed by atoms with Crippen molar-refractivity contribution in [3.63, 3.8) is 0 Å². The minimum absolute atomic E-state index is 0.115. The van der Waals surface area contributed by atoms with Crippen LogP contribution in [0.15, 0.2) is 97.1 Å². The molecule has 7 rings (SSSR count). The summed E-state index contributed by atoms with van der Waals surface area (Å²) in [6.07, 6.45) is 0.384. The fourth-order valence-electron chi connectivity index (χ4n) is 5.05. The zero-order valence-electron chi connectivity index (χ0n) is 24.2. The van der Waals surface area contributed by atoms with Crippen LogP contribution in [-0.2, 0) is 9.47 Å². The molecule has 0 saturated carbocycles. The van der Waals surface area contributed by atoms with Gasteiger partial charge in [0.15, 0.2) is 0 Å². The lowest BCUT2D eigenvalue weighted by atomic mass is 10.1. The van der Waals surface area contributed by atoms with Gasteiger partial charge in [-0.15, -0.1) is 0 Å². The van der Waals surface area contributed by atoms with Crippen LogP contribution in [0.25, 0.3) is 21.5 Å². The summed E-state index contributed by atoms with van der Waals surface area (Å²) < 4.78 is 27.6. The maximum Gasteiger partial charge on any atom is 0.343 e. The number of benzene rings is 5. The third-order valence-corrected chi connectivity index (χ3v) is 7.70. The highest BCUT2D eigenvalue weighted by atomic mass is 16.6. The van der Waals surface area contributed by atoms with Crippen LogP contribution in [0.5, 0.6) is 17.2 Å². The van der Waals surface area contributed by atoms with E-state index in [1.54, 1.807) is 41.3 Å². The van der Waals surface area contributed by atoms with Crippen LogP contribution in [-0.4, -0.2) is 57.1 Å². The van der Waals surface area contributed by atoms with Crippen molar-refractivity contribution in [2.75, 3.05) is 37.9 Å². The van der Waals surface area contributed by atoms with E-state index < -0.39 is 5.97 Å². The third-order valence-electron chi connectivity index (χ3n) is 7.70. The molecule has 2 aliphatic rings. The van der Waals surface area contributed by atoms with E-state index in [4.69, 9.17) is 23.7 Å². The highest BCUT2D eigenvalue weighted by molar-refractivity contribution is 6.08. The maximum absolute atomic E-state index is 13.5. The molecule has 0 aliphatic carbocycles. The Morgan fingerprint density at radius 2 is 1.14 bits per heavy atom.